The van der Waals surface area contributed by atoms with E-state index in [1.807, 2.05) is 30.3 Å². The molecule has 2 N–H and O–H groups in total. The van der Waals surface area contributed by atoms with Crippen LogP contribution in [0.2, 0.25) is 0 Å². The summed E-state index contributed by atoms with van der Waals surface area (Å²) in [7, 11) is 1.43. The fraction of sp³-hybridized carbons (Fsp3) is 0.0588. The molecule has 2 aromatic carbocycles. The number of phenolic OH excluding ortho intramolecular Hbond substituents is 1. The number of nitrogens with one attached hydrogen (secondary N) is 1. The van der Waals surface area contributed by atoms with Crippen molar-refractivity contribution < 1.29 is 14.6 Å². The third-order valence-corrected chi connectivity index (χ3v) is 4.19. The number of carbonyl (C=O) groups excluding carboxylic acids is 1. The molecule has 0 aliphatic heterocycles. The summed E-state index contributed by atoms with van der Waals surface area (Å²) in [6.45, 7) is 0. The van der Waals surface area contributed by atoms with Crippen molar-refractivity contribution in [1.82, 2.24) is 4.98 Å². The van der Waals surface area contributed by atoms with Crippen molar-refractivity contribution in [2.45, 2.75) is 0 Å². The maximum Gasteiger partial charge on any atom is 0.257 e. The number of thiazole rings is 1. The van der Waals surface area contributed by atoms with Gasteiger partial charge in [-0.15, -0.1) is 0 Å². The summed E-state index contributed by atoms with van der Waals surface area (Å²) >= 11 is 1.40. The summed E-state index contributed by atoms with van der Waals surface area (Å²) < 4.78 is 5.00. The predicted octanol–water partition coefficient (Wildman–Crippen LogP) is 3.78. The van der Waals surface area contributed by atoms with Gasteiger partial charge in [0.25, 0.3) is 5.91 Å². The van der Waals surface area contributed by atoms with Crippen LogP contribution >= 0.6 is 11.3 Å². The third-order valence-electron chi connectivity index (χ3n) is 3.23. The Balaban J connectivity index is 1.77. The zero-order chi connectivity index (χ0) is 16.2. The van der Waals surface area contributed by atoms with Crippen LogP contribution in [0.15, 0.2) is 54.7 Å². The lowest BCUT2D eigenvalue weighted by molar-refractivity contribution is 0.102. The number of aromatic hydroxyl groups is 1. The van der Waals surface area contributed by atoms with Crippen LogP contribution in [-0.2, 0) is 0 Å². The Labute approximate surface area is 137 Å². The first-order valence-corrected chi connectivity index (χ1v) is 7.68. The van der Waals surface area contributed by atoms with Crippen LogP contribution in [0.4, 0.5) is 5.13 Å². The van der Waals surface area contributed by atoms with Crippen molar-refractivity contribution >= 4 is 22.4 Å². The number of aromatic nitrogens is 1. The zero-order valence-corrected chi connectivity index (χ0v) is 13.1. The molecule has 1 amide bonds. The number of hydrogen-bond donors (Lipinski definition) is 2. The van der Waals surface area contributed by atoms with Gasteiger partial charge >= 0.3 is 0 Å². The largest absolute Gasteiger partial charge is 0.504 e. The third kappa shape index (κ3) is 3.32. The highest BCUT2D eigenvalue weighted by molar-refractivity contribution is 7.19. The van der Waals surface area contributed by atoms with Gasteiger partial charge in [0.1, 0.15) is 0 Å². The van der Waals surface area contributed by atoms with Crippen molar-refractivity contribution in [3.05, 3.63) is 60.3 Å². The average Bonchev–Trinajstić information content (AvgIpc) is 3.04. The van der Waals surface area contributed by atoms with E-state index in [-0.39, 0.29) is 17.4 Å². The number of nitrogens with zero attached hydrogens (tertiary/aromatic N) is 1. The van der Waals surface area contributed by atoms with E-state index in [1.54, 1.807) is 6.20 Å². The number of carbonyl (C=O) groups is 1. The normalized spacial score (nSPS) is 10.3. The molecule has 3 rings (SSSR count). The van der Waals surface area contributed by atoms with Gasteiger partial charge in [0.05, 0.1) is 12.0 Å². The molecule has 0 saturated carbocycles. The molecule has 116 valence electrons. The van der Waals surface area contributed by atoms with Crippen molar-refractivity contribution in [2.75, 3.05) is 12.4 Å². The molecule has 1 heterocycles. The second-order valence-corrected chi connectivity index (χ2v) is 5.77. The van der Waals surface area contributed by atoms with E-state index in [4.69, 9.17) is 4.74 Å². The quantitative estimate of drug-likeness (QED) is 0.765. The molecule has 5 nitrogen and oxygen atoms in total. The van der Waals surface area contributed by atoms with Gasteiger partial charge in [-0.2, -0.15) is 0 Å². The van der Waals surface area contributed by atoms with Crippen molar-refractivity contribution in [3.63, 3.8) is 0 Å². The lowest BCUT2D eigenvalue weighted by Gasteiger charge is -2.06. The maximum absolute atomic E-state index is 12.3. The Morgan fingerprint density at radius 1 is 1.22 bits per heavy atom. The molecule has 0 radical (unpaired) electrons. The molecule has 0 saturated heterocycles. The minimum atomic E-state index is -0.308. The van der Waals surface area contributed by atoms with Crippen LogP contribution in [0, 0.1) is 0 Å². The summed E-state index contributed by atoms with van der Waals surface area (Å²) in [5.41, 5.74) is 1.44. The highest BCUT2D eigenvalue weighted by Crippen LogP contribution is 2.30. The summed E-state index contributed by atoms with van der Waals surface area (Å²) in [6, 6.07) is 14.3. The number of ether oxygens (including phenoxy) is 1. The Bertz CT molecular complexity index is 831. The van der Waals surface area contributed by atoms with Gasteiger partial charge in [0.15, 0.2) is 16.6 Å². The first-order chi connectivity index (χ1) is 11.2. The van der Waals surface area contributed by atoms with Gasteiger partial charge in [-0.1, -0.05) is 41.7 Å². The number of phenols is 1. The van der Waals surface area contributed by atoms with Crippen LogP contribution in [-0.4, -0.2) is 23.1 Å². The number of methoxy groups -OCH3 is 1. The van der Waals surface area contributed by atoms with Crippen LogP contribution < -0.4 is 10.1 Å². The van der Waals surface area contributed by atoms with Gasteiger partial charge in [-0.25, -0.2) is 4.98 Å². The molecule has 0 atom stereocenters. The second-order valence-electron chi connectivity index (χ2n) is 4.74. The highest BCUT2D eigenvalue weighted by Gasteiger charge is 2.12. The van der Waals surface area contributed by atoms with Gasteiger partial charge < -0.3 is 9.84 Å². The topological polar surface area (TPSA) is 71.5 Å². The molecule has 0 unspecified atom stereocenters. The van der Waals surface area contributed by atoms with E-state index in [0.717, 1.165) is 10.4 Å². The number of hydrogen-bond acceptors (Lipinski definition) is 5. The standard InChI is InChI=1S/C17H14N2O3S/c1-22-14-9-12(7-8-13(14)20)16(21)19-17-18-10-15(23-17)11-5-3-2-4-6-11/h2-10,20H,1H3,(H,18,19,21). The Morgan fingerprint density at radius 3 is 2.74 bits per heavy atom. The number of benzene rings is 2. The first-order valence-electron chi connectivity index (χ1n) is 6.87. The zero-order valence-electron chi connectivity index (χ0n) is 12.3. The Kier molecular flexibility index (Phi) is 4.25. The predicted molar refractivity (Wildman–Crippen MR) is 90.2 cm³/mol. The Hall–Kier alpha value is -2.86. The van der Waals surface area contributed by atoms with Gasteiger partial charge in [0.2, 0.25) is 0 Å². The van der Waals surface area contributed by atoms with E-state index >= 15 is 0 Å². The smallest absolute Gasteiger partial charge is 0.257 e. The summed E-state index contributed by atoms with van der Waals surface area (Å²) in [5.74, 6) is -0.0660. The second kappa shape index (κ2) is 6.50. The average molecular weight is 326 g/mol. The van der Waals surface area contributed by atoms with Crippen LogP contribution in [0.3, 0.4) is 0 Å². The van der Waals surface area contributed by atoms with Gasteiger partial charge in [-0.05, 0) is 23.8 Å². The van der Waals surface area contributed by atoms with Crippen LogP contribution in [0.5, 0.6) is 11.5 Å². The molecule has 1 aromatic heterocycles. The number of rotatable bonds is 4. The summed E-state index contributed by atoms with van der Waals surface area (Å²) in [4.78, 5) is 17.5. The fourth-order valence-electron chi connectivity index (χ4n) is 2.06. The highest BCUT2D eigenvalue weighted by atomic mass is 32.1. The molecule has 3 aromatic rings. The fourth-order valence-corrected chi connectivity index (χ4v) is 2.87. The van der Waals surface area contributed by atoms with E-state index in [1.165, 1.54) is 36.6 Å². The van der Waals surface area contributed by atoms with Crippen molar-refractivity contribution in [1.29, 1.82) is 0 Å². The molecule has 0 aliphatic rings. The molecule has 0 aliphatic carbocycles. The molecule has 23 heavy (non-hydrogen) atoms. The van der Waals surface area contributed by atoms with E-state index < -0.39 is 0 Å². The molecule has 0 fully saturated rings. The van der Waals surface area contributed by atoms with E-state index in [2.05, 4.69) is 10.3 Å². The molecule has 6 heteroatoms. The minimum absolute atomic E-state index is 0.00957. The monoisotopic (exact) mass is 326 g/mol. The first kappa shape index (κ1) is 15.1. The SMILES string of the molecule is COc1cc(C(=O)Nc2ncc(-c3ccccc3)s2)ccc1O. The van der Waals surface area contributed by atoms with Gasteiger partial charge in [0, 0.05) is 11.8 Å². The summed E-state index contributed by atoms with van der Waals surface area (Å²) in [5, 5.41) is 12.8. The number of amides is 1. The maximum atomic E-state index is 12.3. The molecular weight excluding hydrogens is 312 g/mol. The molecule has 0 spiro atoms. The minimum Gasteiger partial charge on any atom is -0.504 e. The lowest BCUT2D eigenvalue weighted by Crippen LogP contribution is -2.11. The number of anilines is 1. The van der Waals surface area contributed by atoms with E-state index in [0.29, 0.717) is 10.7 Å². The van der Waals surface area contributed by atoms with E-state index in [9.17, 15) is 9.90 Å². The molecular formula is C17H14N2O3S. The van der Waals surface area contributed by atoms with Crippen molar-refractivity contribution in [2.24, 2.45) is 0 Å². The lowest BCUT2D eigenvalue weighted by atomic mass is 10.2. The van der Waals surface area contributed by atoms with Crippen molar-refractivity contribution in [3.8, 4) is 21.9 Å². The summed E-state index contributed by atoms with van der Waals surface area (Å²) in [6.07, 6.45) is 1.73. The van der Waals surface area contributed by atoms with Crippen LogP contribution in [0.25, 0.3) is 10.4 Å². The van der Waals surface area contributed by atoms with Crippen LogP contribution in [0.1, 0.15) is 10.4 Å². The Morgan fingerprint density at radius 2 is 2.00 bits per heavy atom. The molecule has 0 bridgehead atoms. The van der Waals surface area contributed by atoms with Gasteiger partial charge in [-0.3, -0.25) is 10.1 Å².